The highest BCUT2D eigenvalue weighted by molar-refractivity contribution is 5.58. The second-order valence-corrected chi connectivity index (χ2v) is 6.36. The molecule has 2 aromatic carbocycles. The number of aryl methyl sites for hydroxylation is 1. The number of benzene rings is 2. The van der Waals surface area contributed by atoms with Crippen molar-refractivity contribution < 1.29 is 4.74 Å². The highest BCUT2D eigenvalue weighted by Gasteiger charge is 2.11. The molecule has 0 spiro atoms. The monoisotopic (exact) mass is 364 g/mol. The van der Waals surface area contributed by atoms with E-state index in [1.807, 2.05) is 62.5 Å². The first kappa shape index (κ1) is 18.6. The van der Waals surface area contributed by atoms with Crippen molar-refractivity contribution in [3.8, 4) is 5.75 Å². The van der Waals surface area contributed by atoms with Crippen LogP contribution in [0.25, 0.3) is 0 Å². The summed E-state index contributed by atoms with van der Waals surface area (Å²) in [6.07, 6.45) is 0. The largest absolute Gasteiger partial charge is 0.496 e. The van der Waals surface area contributed by atoms with Crippen LogP contribution in [0.5, 0.6) is 5.75 Å². The minimum absolute atomic E-state index is 0.196. The van der Waals surface area contributed by atoms with Crippen molar-refractivity contribution in [1.82, 2.24) is 19.9 Å². The third kappa shape index (κ3) is 4.92. The number of nitrogen functional groups attached to an aromatic ring is 1. The molecule has 7 heteroatoms. The third-order valence-corrected chi connectivity index (χ3v) is 4.13. The van der Waals surface area contributed by atoms with Crippen LogP contribution in [0, 0.1) is 6.92 Å². The van der Waals surface area contributed by atoms with Gasteiger partial charge in [-0.15, -0.1) is 0 Å². The van der Waals surface area contributed by atoms with Gasteiger partial charge in [0.2, 0.25) is 11.9 Å². The SMILES string of the molecule is COc1ccccc1CN(C)Cc1nc(N)nc(Nc2ccccc2C)n1. The molecule has 3 N–H and O–H groups in total. The molecule has 0 unspecified atom stereocenters. The number of nitrogens with zero attached hydrogens (tertiary/aromatic N) is 4. The molecule has 140 valence electrons. The van der Waals surface area contributed by atoms with Gasteiger partial charge in [-0.1, -0.05) is 36.4 Å². The van der Waals surface area contributed by atoms with Gasteiger partial charge in [-0.25, -0.2) is 0 Å². The van der Waals surface area contributed by atoms with E-state index in [2.05, 4.69) is 25.2 Å². The topological polar surface area (TPSA) is 89.2 Å². The summed E-state index contributed by atoms with van der Waals surface area (Å²) in [4.78, 5) is 15.1. The van der Waals surface area contributed by atoms with Crippen LogP contribution in [0.1, 0.15) is 17.0 Å². The van der Waals surface area contributed by atoms with E-state index in [0.717, 1.165) is 22.6 Å². The van der Waals surface area contributed by atoms with Crippen molar-refractivity contribution in [3.05, 3.63) is 65.5 Å². The van der Waals surface area contributed by atoms with Gasteiger partial charge in [-0.05, 0) is 31.7 Å². The molecule has 27 heavy (non-hydrogen) atoms. The van der Waals surface area contributed by atoms with Crippen LogP contribution in [0.15, 0.2) is 48.5 Å². The van der Waals surface area contributed by atoms with Crippen LogP contribution in [0.3, 0.4) is 0 Å². The first-order valence-electron chi connectivity index (χ1n) is 8.68. The maximum atomic E-state index is 5.88. The van der Waals surface area contributed by atoms with Crippen molar-refractivity contribution in [1.29, 1.82) is 0 Å². The summed E-state index contributed by atoms with van der Waals surface area (Å²) in [5.74, 6) is 2.11. The number of hydrogen-bond donors (Lipinski definition) is 2. The van der Waals surface area contributed by atoms with Gasteiger partial charge in [-0.2, -0.15) is 15.0 Å². The number of ether oxygens (including phenoxy) is 1. The molecule has 0 aliphatic heterocycles. The van der Waals surface area contributed by atoms with Crippen molar-refractivity contribution in [2.75, 3.05) is 25.2 Å². The predicted molar refractivity (Wildman–Crippen MR) is 107 cm³/mol. The molecule has 0 bridgehead atoms. The highest BCUT2D eigenvalue weighted by atomic mass is 16.5. The van der Waals surface area contributed by atoms with Gasteiger partial charge in [0.05, 0.1) is 13.7 Å². The zero-order valence-electron chi connectivity index (χ0n) is 15.8. The average molecular weight is 364 g/mol. The van der Waals surface area contributed by atoms with Crippen LogP contribution in [-0.4, -0.2) is 34.0 Å². The highest BCUT2D eigenvalue weighted by Crippen LogP contribution is 2.20. The van der Waals surface area contributed by atoms with Crippen molar-refractivity contribution >= 4 is 17.6 Å². The number of nitrogens with two attached hydrogens (primary N) is 1. The molecule has 3 rings (SSSR count). The number of rotatable bonds is 7. The van der Waals surface area contributed by atoms with E-state index in [0.29, 0.717) is 24.9 Å². The normalized spacial score (nSPS) is 10.8. The summed E-state index contributed by atoms with van der Waals surface area (Å²) < 4.78 is 5.41. The van der Waals surface area contributed by atoms with Crippen LogP contribution >= 0.6 is 0 Å². The van der Waals surface area contributed by atoms with Gasteiger partial charge < -0.3 is 15.8 Å². The van der Waals surface area contributed by atoms with Crippen molar-refractivity contribution in [3.63, 3.8) is 0 Å². The van der Waals surface area contributed by atoms with Crippen molar-refractivity contribution in [2.24, 2.45) is 0 Å². The summed E-state index contributed by atoms with van der Waals surface area (Å²) in [6, 6.07) is 15.9. The molecule has 0 amide bonds. The van der Waals surface area contributed by atoms with Crippen LogP contribution < -0.4 is 15.8 Å². The maximum absolute atomic E-state index is 5.88. The lowest BCUT2D eigenvalue weighted by Gasteiger charge is -2.18. The standard InChI is InChI=1S/C20H24N6O/c1-14-8-4-6-10-16(14)22-20-24-18(23-19(21)25-20)13-26(2)12-15-9-5-7-11-17(15)27-3/h4-11H,12-13H2,1-3H3,(H3,21,22,23,24,25). The minimum Gasteiger partial charge on any atom is -0.496 e. The Kier molecular flexibility index (Phi) is 5.83. The fourth-order valence-corrected chi connectivity index (χ4v) is 2.82. The number of aromatic nitrogens is 3. The second-order valence-electron chi connectivity index (χ2n) is 6.36. The Balaban J connectivity index is 1.73. The maximum Gasteiger partial charge on any atom is 0.232 e. The van der Waals surface area contributed by atoms with E-state index < -0.39 is 0 Å². The average Bonchev–Trinajstić information content (AvgIpc) is 2.63. The number of nitrogens with one attached hydrogen (secondary N) is 1. The third-order valence-electron chi connectivity index (χ3n) is 4.13. The molecule has 0 fully saturated rings. The van der Waals surface area contributed by atoms with E-state index in [1.54, 1.807) is 7.11 Å². The summed E-state index contributed by atoms with van der Waals surface area (Å²) in [6.45, 7) is 3.26. The van der Waals surface area contributed by atoms with Crippen LogP contribution in [-0.2, 0) is 13.1 Å². The smallest absolute Gasteiger partial charge is 0.232 e. The van der Waals surface area contributed by atoms with E-state index >= 15 is 0 Å². The number of para-hydroxylation sites is 2. The Morgan fingerprint density at radius 1 is 1.00 bits per heavy atom. The first-order chi connectivity index (χ1) is 13.0. The Bertz CT molecular complexity index is 914. The number of methoxy groups -OCH3 is 1. The zero-order chi connectivity index (χ0) is 19.2. The molecule has 0 atom stereocenters. The first-order valence-corrected chi connectivity index (χ1v) is 8.68. The molecule has 0 saturated carbocycles. The van der Waals surface area contributed by atoms with E-state index in [1.165, 1.54) is 0 Å². The molecule has 0 radical (unpaired) electrons. The fourth-order valence-electron chi connectivity index (χ4n) is 2.82. The molecule has 1 heterocycles. The van der Waals surface area contributed by atoms with Crippen LogP contribution in [0.2, 0.25) is 0 Å². The quantitative estimate of drug-likeness (QED) is 0.665. The van der Waals surface area contributed by atoms with Crippen LogP contribution in [0.4, 0.5) is 17.6 Å². The number of anilines is 3. The Morgan fingerprint density at radius 2 is 1.74 bits per heavy atom. The molecule has 0 aliphatic rings. The second kappa shape index (κ2) is 8.46. The number of hydrogen-bond acceptors (Lipinski definition) is 7. The van der Waals surface area contributed by atoms with Gasteiger partial charge >= 0.3 is 0 Å². The molecule has 0 saturated heterocycles. The predicted octanol–water partition coefficient (Wildman–Crippen LogP) is 3.15. The Morgan fingerprint density at radius 3 is 2.52 bits per heavy atom. The summed E-state index contributed by atoms with van der Waals surface area (Å²) in [5, 5.41) is 3.21. The summed E-state index contributed by atoms with van der Waals surface area (Å²) in [5.41, 5.74) is 9.03. The molecule has 7 nitrogen and oxygen atoms in total. The fraction of sp³-hybridized carbons (Fsp3) is 0.250. The molecule has 1 aromatic heterocycles. The lowest BCUT2D eigenvalue weighted by atomic mass is 10.2. The van der Waals surface area contributed by atoms with Gasteiger partial charge in [0.25, 0.3) is 0 Å². The molecule has 0 aliphatic carbocycles. The summed E-state index contributed by atoms with van der Waals surface area (Å²) in [7, 11) is 3.68. The Labute approximate surface area is 159 Å². The van der Waals surface area contributed by atoms with Gasteiger partial charge in [0.15, 0.2) is 0 Å². The van der Waals surface area contributed by atoms with Crippen molar-refractivity contribution in [2.45, 2.75) is 20.0 Å². The van der Waals surface area contributed by atoms with Gasteiger partial charge in [0.1, 0.15) is 11.6 Å². The van der Waals surface area contributed by atoms with E-state index in [4.69, 9.17) is 10.5 Å². The van der Waals surface area contributed by atoms with Gasteiger partial charge in [-0.3, -0.25) is 4.90 Å². The van der Waals surface area contributed by atoms with E-state index in [-0.39, 0.29) is 5.95 Å². The lowest BCUT2D eigenvalue weighted by Crippen LogP contribution is -2.20. The van der Waals surface area contributed by atoms with E-state index in [9.17, 15) is 0 Å². The zero-order valence-corrected chi connectivity index (χ0v) is 15.8. The minimum atomic E-state index is 0.196. The van der Waals surface area contributed by atoms with Gasteiger partial charge in [0, 0.05) is 17.8 Å². The lowest BCUT2D eigenvalue weighted by molar-refractivity contribution is 0.302. The Hall–Kier alpha value is -3.19. The molecule has 3 aromatic rings. The summed E-state index contributed by atoms with van der Waals surface area (Å²) >= 11 is 0. The molecular weight excluding hydrogens is 340 g/mol. The molecular formula is C20H24N6O.